The zero-order valence-corrected chi connectivity index (χ0v) is 14.6. The molecule has 1 amide bonds. The second kappa shape index (κ2) is 7.23. The van der Waals surface area contributed by atoms with E-state index in [1.54, 1.807) is 17.3 Å². The fourth-order valence-corrected chi connectivity index (χ4v) is 2.20. The minimum atomic E-state index is -0.512. The Morgan fingerprint density at radius 1 is 1.50 bits per heavy atom. The van der Waals surface area contributed by atoms with Crippen molar-refractivity contribution >= 4 is 28.0 Å². The predicted octanol–water partition coefficient (Wildman–Crippen LogP) is 2.29. The first-order chi connectivity index (χ1) is 10.3. The molecule has 0 aliphatic carbocycles. The molecule has 7 nitrogen and oxygen atoms in total. The lowest BCUT2D eigenvalue weighted by atomic mass is 10.2. The summed E-state index contributed by atoms with van der Waals surface area (Å²) in [7, 11) is 0. The smallest absolute Gasteiger partial charge is 0.410 e. The Morgan fingerprint density at radius 3 is 2.82 bits per heavy atom. The molecular formula is C14H21BrN4O3. The largest absolute Gasteiger partial charge is 0.444 e. The lowest BCUT2D eigenvalue weighted by Gasteiger charge is -2.36. The van der Waals surface area contributed by atoms with Crippen LogP contribution in [0.15, 0.2) is 16.9 Å². The summed E-state index contributed by atoms with van der Waals surface area (Å²) in [5, 5.41) is 3.12. The molecule has 1 fully saturated rings. The Kier molecular flexibility index (Phi) is 5.57. The average Bonchev–Trinajstić information content (AvgIpc) is 2.45. The van der Waals surface area contributed by atoms with Crippen molar-refractivity contribution in [1.82, 2.24) is 14.9 Å². The molecule has 0 bridgehead atoms. The quantitative estimate of drug-likeness (QED) is 0.876. The fourth-order valence-electron chi connectivity index (χ4n) is 2.00. The van der Waals surface area contributed by atoms with E-state index in [0.29, 0.717) is 32.3 Å². The van der Waals surface area contributed by atoms with Gasteiger partial charge in [-0.05, 0) is 36.7 Å². The average molecular weight is 373 g/mol. The van der Waals surface area contributed by atoms with Crippen molar-refractivity contribution in [2.45, 2.75) is 32.4 Å². The fraction of sp³-hybridized carbons (Fsp3) is 0.643. The molecule has 2 heterocycles. The van der Waals surface area contributed by atoms with Crippen LogP contribution in [0.1, 0.15) is 20.8 Å². The molecular weight excluding hydrogens is 352 g/mol. The number of ether oxygens (including phenoxy) is 2. The third-order valence-corrected chi connectivity index (χ3v) is 3.38. The zero-order valence-electron chi connectivity index (χ0n) is 13.0. The van der Waals surface area contributed by atoms with E-state index in [0.717, 1.165) is 4.47 Å². The molecule has 1 aromatic heterocycles. The predicted molar refractivity (Wildman–Crippen MR) is 85.8 cm³/mol. The van der Waals surface area contributed by atoms with Crippen LogP contribution in [0.4, 0.5) is 10.7 Å². The monoisotopic (exact) mass is 372 g/mol. The first kappa shape index (κ1) is 17.0. The number of rotatable bonds is 3. The van der Waals surface area contributed by atoms with E-state index in [4.69, 9.17) is 9.47 Å². The number of hydrogen-bond donors (Lipinski definition) is 1. The Hall–Kier alpha value is -1.41. The minimum absolute atomic E-state index is 0.115. The van der Waals surface area contributed by atoms with Crippen molar-refractivity contribution in [3.63, 3.8) is 0 Å². The number of halogens is 1. The summed E-state index contributed by atoms with van der Waals surface area (Å²) in [4.78, 5) is 22.3. The van der Waals surface area contributed by atoms with Gasteiger partial charge >= 0.3 is 6.09 Å². The first-order valence-corrected chi connectivity index (χ1v) is 7.93. The second-order valence-electron chi connectivity index (χ2n) is 6.01. The molecule has 1 unspecified atom stereocenters. The van der Waals surface area contributed by atoms with Crippen LogP contribution in [0.5, 0.6) is 0 Å². The highest BCUT2D eigenvalue weighted by atomic mass is 79.9. The molecule has 1 N–H and O–H groups in total. The van der Waals surface area contributed by atoms with Gasteiger partial charge in [-0.25, -0.2) is 14.8 Å². The van der Waals surface area contributed by atoms with Crippen LogP contribution in [0.25, 0.3) is 0 Å². The molecule has 8 heteroatoms. The summed E-state index contributed by atoms with van der Waals surface area (Å²) >= 11 is 3.29. The van der Waals surface area contributed by atoms with E-state index < -0.39 is 5.60 Å². The van der Waals surface area contributed by atoms with Gasteiger partial charge in [0, 0.05) is 25.5 Å². The van der Waals surface area contributed by atoms with Crippen LogP contribution in [-0.2, 0) is 9.47 Å². The number of amides is 1. The maximum absolute atomic E-state index is 12.3. The van der Waals surface area contributed by atoms with Gasteiger partial charge in [-0.15, -0.1) is 0 Å². The number of hydrogen-bond acceptors (Lipinski definition) is 6. The number of aromatic nitrogens is 2. The molecule has 22 heavy (non-hydrogen) atoms. The van der Waals surface area contributed by atoms with Crippen molar-refractivity contribution in [2.75, 3.05) is 31.6 Å². The number of carbonyl (C=O) groups is 1. The van der Waals surface area contributed by atoms with Crippen LogP contribution in [-0.4, -0.2) is 58.9 Å². The standard InChI is InChI=1S/C14H21BrN4O3/c1-14(2,3)22-13(20)19-4-5-21-9-11(19)8-18-12-16-6-10(15)7-17-12/h6-7,11H,4-5,8-9H2,1-3H3,(H,16,17,18). The van der Waals surface area contributed by atoms with E-state index in [1.807, 2.05) is 20.8 Å². The molecule has 1 aliphatic heterocycles. The molecule has 122 valence electrons. The van der Waals surface area contributed by atoms with Gasteiger partial charge in [-0.1, -0.05) is 0 Å². The van der Waals surface area contributed by atoms with Gasteiger partial charge in [0.15, 0.2) is 0 Å². The Labute approximate surface area is 138 Å². The second-order valence-corrected chi connectivity index (χ2v) is 6.92. The maximum atomic E-state index is 12.3. The summed E-state index contributed by atoms with van der Waals surface area (Å²) < 4.78 is 11.7. The van der Waals surface area contributed by atoms with Crippen LogP contribution in [0.3, 0.4) is 0 Å². The first-order valence-electron chi connectivity index (χ1n) is 7.14. The van der Waals surface area contributed by atoms with Crippen LogP contribution in [0.2, 0.25) is 0 Å². The highest BCUT2D eigenvalue weighted by Crippen LogP contribution is 2.15. The minimum Gasteiger partial charge on any atom is -0.444 e. The Morgan fingerprint density at radius 2 is 2.18 bits per heavy atom. The number of morpholine rings is 1. The van der Waals surface area contributed by atoms with E-state index in [1.165, 1.54) is 0 Å². The third-order valence-electron chi connectivity index (χ3n) is 2.97. The lowest BCUT2D eigenvalue weighted by molar-refractivity contribution is -0.0291. The van der Waals surface area contributed by atoms with Crippen molar-refractivity contribution in [3.05, 3.63) is 16.9 Å². The molecule has 0 spiro atoms. The van der Waals surface area contributed by atoms with Crippen LogP contribution in [0, 0.1) is 0 Å². The van der Waals surface area contributed by atoms with Gasteiger partial charge in [-0.3, -0.25) is 4.90 Å². The molecule has 2 rings (SSSR count). The molecule has 1 saturated heterocycles. The van der Waals surface area contributed by atoms with Crippen molar-refractivity contribution in [2.24, 2.45) is 0 Å². The van der Waals surface area contributed by atoms with E-state index in [-0.39, 0.29) is 12.1 Å². The van der Waals surface area contributed by atoms with Crippen molar-refractivity contribution in [3.8, 4) is 0 Å². The molecule has 0 radical (unpaired) electrons. The molecule has 0 aromatic carbocycles. The number of anilines is 1. The lowest BCUT2D eigenvalue weighted by Crippen LogP contribution is -2.53. The van der Waals surface area contributed by atoms with E-state index in [9.17, 15) is 4.79 Å². The maximum Gasteiger partial charge on any atom is 0.410 e. The molecule has 0 saturated carbocycles. The summed E-state index contributed by atoms with van der Waals surface area (Å²) in [6.45, 7) is 7.56. The normalized spacial score (nSPS) is 18.9. The molecule has 1 aromatic rings. The molecule has 1 atom stereocenters. The van der Waals surface area contributed by atoms with Crippen molar-refractivity contribution < 1.29 is 14.3 Å². The summed E-state index contributed by atoms with van der Waals surface area (Å²) in [6, 6.07) is -0.115. The van der Waals surface area contributed by atoms with E-state index in [2.05, 4.69) is 31.2 Å². The van der Waals surface area contributed by atoms with Gasteiger partial charge < -0.3 is 14.8 Å². The van der Waals surface area contributed by atoms with Gasteiger partial charge in [0.25, 0.3) is 0 Å². The van der Waals surface area contributed by atoms with Gasteiger partial charge in [0.2, 0.25) is 5.95 Å². The topological polar surface area (TPSA) is 76.6 Å². The summed E-state index contributed by atoms with van der Waals surface area (Å²) in [5.74, 6) is 0.512. The van der Waals surface area contributed by atoms with E-state index >= 15 is 0 Å². The zero-order chi connectivity index (χ0) is 16.2. The highest BCUT2D eigenvalue weighted by molar-refractivity contribution is 9.10. The Balaban J connectivity index is 1.94. The Bertz CT molecular complexity index is 504. The number of nitrogens with one attached hydrogen (secondary N) is 1. The summed E-state index contributed by atoms with van der Waals surface area (Å²) in [6.07, 6.45) is 3.01. The summed E-state index contributed by atoms with van der Waals surface area (Å²) in [5.41, 5.74) is -0.512. The SMILES string of the molecule is CC(C)(C)OC(=O)N1CCOCC1CNc1ncc(Br)cn1. The third kappa shape index (κ3) is 5.10. The van der Waals surface area contributed by atoms with Crippen molar-refractivity contribution in [1.29, 1.82) is 0 Å². The number of carbonyl (C=O) groups excluding carboxylic acids is 1. The van der Waals surface area contributed by atoms with Crippen LogP contribution < -0.4 is 5.32 Å². The van der Waals surface area contributed by atoms with Crippen LogP contribution >= 0.6 is 15.9 Å². The van der Waals surface area contributed by atoms with Gasteiger partial charge in [0.1, 0.15) is 5.60 Å². The van der Waals surface area contributed by atoms with Gasteiger partial charge in [-0.2, -0.15) is 0 Å². The van der Waals surface area contributed by atoms with Gasteiger partial charge in [0.05, 0.1) is 23.7 Å². The number of nitrogens with zero attached hydrogens (tertiary/aromatic N) is 3. The highest BCUT2D eigenvalue weighted by Gasteiger charge is 2.30. The molecule has 1 aliphatic rings.